The van der Waals surface area contributed by atoms with Crippen LogP contribution < -0.4 is 4.72 Å². The second kappa shape index (κ2) is 9.04. The van der Waals surface area contributed by atoms with Crippen LogP contribution in [0.15, 0.2) is 42.5 Å². The van der Waals surface area contributed by atoms with E-state index in [1.54, 1.807) is 29.2 Å². The minimum Gasteiger partial charge on any atom is -0.342 e. The Bertz CT molecular complexity index is 1050. The summed E-state index contributed by atoms with van der Waals surface area (Å²) < 4.78 is 55.8. The van der Waals surface area contributed by atoms with E-state index in [0.29, 0.717) is 56.3 Å². The van der Waals surface area contributed by atoms with E-state index >= 15 is 0 Å². The van der Waals surface area contributed by atoms with Gasteiger partial charge >= 0.3 is 0 Å². The first kappa shape index (κ1) is 21.9. The van der Waals surface area contributed by atoms with Crippen LogP contribution in [0.3, 0.4) is 0 Å². The van der Waals surface area contributed by atoms with Crippen molar-refractivity contribution in [1.82, 2.24) is 9.62 Å². The number of likely N-dealkylation sites (tertiary alicyclic amines) is 1. The number of amides is 1. The number of benzene rings is 2. The summed E-state index contributed by atoms with van der Waals surface area (Å²) in [5.41, 5.74) is 0.805. The molecule has 0 spiro atoms. The van der Waals surface area contributed by atoms with Gasteiger partial charge in [-0.1, -0.05) is 30.3 Å². The molecular formula is C23H26F2N2O3S. The molecule has 1 unspecified atom stereocenters. The molecule has 1 aliphatic carbocycles. The van der Waals surface area contributed by atoms with Crippen molar-refractivity contribution in [3.63, 3.8) is 0 Å². The first-order valence-corrected chi connectivity index (χ1v) is 12.2. The van der Waals surface area contributed by atoms with Gasteiger partial charge in [-0.25, -0.2) is 21.9 Å². The van der Waals surface area contributed by atoms with Crippen LogP contribution in [0.2, 0.25) is 0 Å². The van der Waals surface area contributed by atoms with Crippen LogP contribution in [0.1, 0.15) is 37.7 Å². The number of sulfonamides is 1. The predicted molar refractivity (Wildman–Crippen MR) is 115 cm³/mol. The Hall–Kier alpha value is -2.32. The van der Waals surface area contributed by atoms with Crippen molar-refractivity contribution in [2.45, 2.75) is 49.8 Å². The molecule has 2 aromatic carbocycles. The number of carbonyl (C=O) groups is 1. The standard InChI is InChI=1S/C23H26F2N2O3S/c24-20-8-3-9-21(25)23(20)19-7-2-1-5-16(19)15-22(28)27-13-4-6-17(12-14-27)26-31(29,30)18-10-11-18/h1-3,5,7-9,17-18,26H,4,6,10-15H2. The van der Waals surface area contributed by atoms with Crippen LogP contribution in [0.25, 0.3) is 11.1 Å². The minimum absolute atomic E-state index is 0.0302. The van der Waals surface area contributed by atoms with Gasteiger partial charge in [0.25, 0.3) is 0 Å². The highest BCUT2D eigenvalue weighted by molar-refractivity contribution is 7.90. The van der Waals surface area contributed by atoms with E-state index in [1.165, 1.54) is 18.2 Å². The van der Waals surface area contributed by atoms with Gasteiger partial charge in [0, 0.05) is 19.1 Å². The predicted octanol–water partition coefficient (Wildman–Crippen LogP) is 3.64. The fraction of sp³-hybridized carbons (Fsp3) is 0.435. The molecule has 8 heteroatoms. The number of carbonyl (C=O) groups excluding carboxylic acids is 1. The molecule has 5 nitrogen and oxygen atoms in total. The zero-order valence-corrected chi connectivity index (χ0v) is 18.0. The maximum absolute atomic E-state index is 14.3. The fourth-order valence-corrected chi connectivity index (χ4v) is 5.77. The summed E-state index contributed by atoms with van der Waals surface area (Å²) >= 11 is 0. The van der Waals surface area contributed by atoms with Crippen molar-refractivity contribution in [3.8, 4) is 11.1 Å². The van der Waals surface area contributed by atoms with Crippen molar-refractivity contribution < 1.29 is 22.0 Å². The van der Waals surface area contributed by atoms with Crippen LogP contribution in [-0.4, -0.2) is 43.6 Å². The van der Waals surface area contributed by atoms with Gasteiger partial charge in [-0.05, 0) is 55.4 Å². The van der Waals surface area contributed by atoms with E-state index in [9.17, 15) is 22.0 Å². The SMILES string of the molecule is O=C(Cc1ccccc1-c1c(F)cccc1F)N1CCCC(NS(=O)(=O)C2CC2)CC1. The van der Waals surface area contributed by atoms with Gasteiger partial charge in [0.2, 0.25) is 15.9 Å². The number of halogens is 2. The molecule has 31 heavy (non-hydrogen) atoms. The molecule has 2 fully saturated rings. The van der Waals surface area contributed by atoms with Crippen molar-refractivity contribution in [3.05, 3.63) is 59.7 Å². The first-order chi connectivity index (χ1) is 14.8. The highest BCUT2D eigenvalue weighted by atomic mass is 32.2. The van der Waals surface area contributed by atoms with Gasteiger partial charge in [0.15, 0.2) is 0 Å². The Morgan fingerprint density at radius 2 is 1.68 bits per heavy atom. The van der Waals surface area contributed by atoms with Crippen LogP contribution in [0, 0.1) is 11.6 Å². The molecule has 1 N–H and O–H groups in total. The quantitative estimate of drug-likeness (QED) is 0.734. The largest absolute Gasteiger partial charge is 0.342 e. The van der Waals surface area contributed by atoms with Crippen LogP contribution in [0.5, 0.6) is 0 Å². The highest BCUT2D eigenvalue weighted by Crippen LogP contribution is 2.30. The topological polar surface area (TPSA) is 66.5 Å². The van der Waals surface area contributed by atoms with E-state index in [-0.39, 0.29) is 29.2 Å². The Balaban J connectivity index is 1.44. The number of rotatable bonds is 6. The van der Waals surface area contributed by atoms with Gasteiger partial charge in [-0.15, -0.1) is 0 Å². The lowest BCUT2D eigenvalue weighted by atomic mass is 9.96. The number of nitrogens with one attached hydrogen (secondary N) is 1. The summed E-state index contributed by atoms with van der Waals surface area (Å²) in [6.45, 7) is 0.990. The molecule has 0 radical (unpaired) electrons. The lowest BCUT2D eigenvalue weighted by molar-refractivity contribution is -0.130. The van der Waals surface area contributed by atoms with E-state index in [1.807, 2.05) is 0 Å². The molecule has 1 aliphatic heterocycles. The van der Waals surface area contributed by atoms with Gasteiger partial charge in [0.1, 0.15) is 11.6 Å². The maximum Gasteiger partial charge on any atom is 0.227 e. The maximum atomic E-state index is 14.3. The average Bonchev–Trinajstić information content (AvgIpc) is 3.57. The molecule has 1 amide bonds. The van der Waals surface area contributed by atoms with Crippen LogP contribution in [0.4, 0.5) is 8.78 Å². The van der Waals surface area contributed by atoms with Gasteiger partial charge in [-0.2, -0.15) is 0 Å². The fourth-order valence-electron chi connectivity index (χ4n) is 4.12. The molecule has 0 bridgehead atoms. The molecule has 0 aromatic heterocycles. The first-order valence-electron chi connectivity index (χ1n) is 10.7. The molecule has 2 aliphatic rings. The molecule has 1 atom stereocenters. The number of hydrogen-bond acceptors (Lipinski definition) is 3. The minimum atomic E-state index is -3.26. The zero-order chi connectivity index (χ0) is 22.0. The Labute approximate surface area is 181 Å². The molecule has 1 saturated carbocycles. The summed E-state index contributed by atoms with van der Waals surface area (Å²) in [6, 6.07) is 10.3. The highest BCUT2D eigenvalue weighted by Gasteiger charge is 2.37. The van der Waals surface area contributed by atoms with Crippen molar-refractivity contribution >= 4 is 15.9 Å². The summed E-state index contributed by atoms with van der Waals surface area (Å²) in [5.74, 6) is -1.46. The number of hydrogen-bond donors (Lipinski definition) is 1. The molecule has 1 heterocycles. The third-order valence-electron chi connectivity index (χ3n) is 5.97. The summed E-state index contributed by atoms with van der Waals surface area (Å²) in [4.78, 5) is 14.7. The second-order valence-corrected chi connectivity index (χ2v) is 10.3. The Morgan fingerprint density at radius 3 is 2.39 bits per heavy atom. The molecule has 1 saturated heterocycles. The lowest BCUT2D eigenvalue weighted by Gasteiger charge is -2.22. The van der Waals surface area contributed by atoms with E-state index < -0.39 is 21.7 Å². The summed E-state index contributed by atoms with van der Waals surface area (Å²) in [5, 5.41) is -0.260. The van der Waals surface area contributed by atoms with Crippen molar-refractivity contribution in [1.29, 1.82) is 0 Å². The van der Waals surface area contributed by atoms with Gasteiger partial charge in [0.05, 0.1) is 17.2 Å². The van der Waals surface area contributed by atoms with Crippen LogP contribution >= 0.6 is 0 Å². The van der Waals surface area contributed by atoms with Crippen molar-refractivity contribution in [2.75, 3.05) is 13.1 Å². The summed E-state index contributed by atoms with van der Waals surface area (Å²) in [7, 11) is -3.26. The van der Waals surface area contributed by atoms with E-state index in [4.69, 9.17) is 0 Å². The summed E-state index contributed by atoms with van der Waals surface area (Å²) in [6.07, 6.45) is 3.41. The number of nitrogens with zero attached hydrogens (tertiary/aromatic N) is 1. The van der Waals surface area contributed by atoms with E-state index in [2.05, 4.69) is 4.72 Å². The van der Waals surface area contributed by atoms with Gasteiger partial charge in [-0.3, -0.25) is 4.79 Å². The van der Waals surface area contributed by atoms with Crippen LogP contribution in [-0.2, 0) is 21.2 Å². The van der Waals surface area contributed by atoms with E-state index in [0.717, 1.165) is 0 Å². The molecular weight excluding hydrogens is 422 g/mol. The normalized spacial score (nSPS) is 19.8. The Morgan fingerprint density at radius 1 is 0.968 bits per heavy atom. The third-order valence-corrected chi connectivity index (χ3v) is 7.98. The third kappa shape index (κ3) is 5.13. The molecule has 166 valence electrons. The van der Waals surface area contributed by atoms with Crippen molar-refractivity contribution in [2.24, 2.45) is 0 Å². The lowest BCUT2D eigenvalue weighted by Crippen LogP contribution is -2.38. The molecule has 4 rings (SSSR count). The second-order valence-electron chi connectivity index (χ2n) is 8.30. The Kier molecular flexibility index (Phi) is 6.39. The molecule has 2 aromatic rings. The zero-order valence-electron chi connectivity index (χ0n) is 17.2. The average molecular weight is 449 g/mol. The monoisotopic (exact) mass is 448 g/mol. The van der Waals surface area contributed by atoms with Gasteiger partial charge < -0.3 is 4.90 Å². The smallest absolute Gasteiger partial charge is 0.227 e.